The molecule has 0 saturated carbocycles. The Morgan fingerprint density at radius 1 is 1.48 bits per heavy atom. The van der Waals surface area contributed by atoms with E-state index in [0.717, 1.165) is 30.5 Å². The van der Waals surface area contributed by atoms with E-state index in [-0.39, 0.29) is 11.7 Å². The first-order valence-electron chi connectivity index (χ1n) is 7.37. The summed E-state index contributed by atoms with van der Waals surface area (Å²) in [6, 6.07) is 6.47. The number of H-pyrrole nitrogens is 1. The molecule has 1 fully saturated rings. The lowest BCUT2D eigenvalue weighted by Crippen LogP contribution is -2.53. The highest BCUT2D eigenvalue weighted by Gasteiger charge is 2.33. The molecular weight excluding hydrogens is 266 g/mol. The van der Waals surface area contributed by atoms with Crippen LogP contribution in [0.4, 0.5) is 0 Å². The molecule has 1 unspecified atom stereocenters. The minimum atomic E-state index is -0.139. The van der Waals surface area contributed by atoms with Crippen molar-refractivity contribution in [2.24, 2.45) is 0 Å². The van der Waals surface area contributed by atoms with Crippen LogP contribution in [-0.4, -0.2) is 53.6 Å². The zero-order valence-electron chi connectivity index (χ0n) is 12.9. The third kappa shape index (κ3) is 3.43. The molecule has 5 nitrogen and oxygen atoms in total. The van der Waals surface area contributed by atoms with E-state index in [4.69, 9.17) is 9.47 Å². The van der Waals surface area contributed by atoms with E-state index in [1.165, 1.54) is 5.56 Å². The summed E-state index contributed by atoms with van der Waals surface area (Å²) in [5, 5.41) is 8.25. The number of morpholine rings is 1. The predicted octanol–water partition coefficient (Wildman–Crippen LogP) is 2.19. The van der Waals surface area contributed by atoms with Gasteiger partial charge in [0.2, 0.25) is 0 Å². The SMILES string of the molecule is COCC1CN(Cc2ccc3cn[nH]c3c2)CC(C)(C)O1. The highest BCUT2D eigenvalue weighted by Crippen LogP contribution is 2.23. The lowest BCUT2D eigenvalue weighted by molar-refractivity contribution is -0.154. The first kappa shape index (κ1) is 14.5. The van der Waals surface area contributed by atoms with Crippen LogP contribution in [-0.2, 0) is 16.0 Å². The third-order valence-corrected chi connectivity index (χ3v) is 3.82. The van der Waals surface area contributed by atoms with Crippen molar-refractivity contribution in [2.45, 2.75) is 32.1 Å². The Labute approximate surface area is 125 Å². The van der Waals surface area contributed by atoms with Crippen molar-refractivity contribution >= 4 is 10.9 Å². The molecule has 0 aliphatic carbocycles. The van der Waals surface area contributed by atoms with E-state index in [0.29, 0.717) is 6.61 Å². The van der Waals surface area contributed by atoms with Crippen molar-refractivity contribution in [3.8, 4) is 0 Å². The molecule has 2 aromatic rings. The van der Waals surface area contributed by atoms with Crippen LogP contribution in [0.1, 0.15) is 19.4 Å². The average molecular weight is 289 g/mol. The summed E-state index contributed by atoms with van der Waals surface area (Å²) < 4.78 is 11.3. The number of fused-ring (bicyclic) bond motifs is 1. The summed E-state index contributed by atoms with van der Waals surface area (Å²) in [7, 11) is 1.72. The minimum Gasteiger partial charge on any atom is -0.382 e. The number of benzene rings is 1. The standard InChI is InChI=1S/C16H23N3O2/c1-16(2)11-19(9-14(21-16)10-20-3)8-12-4-5-13-7-17-18-15(13)6-12/h4-7,14H,8-11H2,1-3H3,(H,17,18). The number of hydrogen-bond donors (Lipinski definition) is 1. The van der Waals surface area contributed by atoms with Gasteiger partial charge in [-0.15, -0.1) is 0 Å². The second-order valence-corrected chi connectivity index (χ2v) is 6.42. The second-order valence-electron chi connectivity index (χ2n) is 6.42. The number of hydrogen-bond acceptors (Lipinski definition) is 4. The summed E-state index contributed by atoms with van der Waals surface area (Å²) in [5.41, 5.74) is 2.24. The maximum atomic E-state index is 6.06. The van der Waals surface area contributed by atoms with Crippen LogP contribution in [0.25, 0.3) is 10.9 Å². The van der Waals surface area contributed by atoms with E-state index in [2.05, 4.69) is 47.1 Å². The van der Waals surface area contributed by atoms with Gasteiger partial charge in [-0.2, -0.15) is 5.10 Å². The molecule has 21 heavy (non-hydrogen) atoms. The van der Waals surface area contributed by atoms with Crippen molar-refractivity contribution in [1.29, 1.82) is 0 Å². The molecule has 1 aliphatic heterocycles. The number of aromatic nitrogens is 2. The normalized spacial score (nSPS) is 22.7. The molecule has 2 heterocycles. The van der Waals surface area contributed by atoms with Crippen LogP contribution in [0.3, 0.4) is 0 Å². The van der Waals surface area contributed by atoms with E-state index in [9.17, 15) is 0 Å². The minimum absolute atomic E-state index is 0.134. The molecule has 1 saturated heterocycles. The summed E-state index contributed by atoms with van der Waals surface area (Å²) in [6.45, 7) is 7.66. The van der Waals surface area contributed by atoms with Crippen molar-refractivity contribution in [3.63, 3.8) is 0 Å². The molecule has 1 aromatic carbocycles. The summed E-state index contributed by atoms with van der Waals surface area (Å²) >= 11 is 0. The van der Waals surface area contributed by atoms with Gasteiger partial charge in [-0.3, -0.25) is 10.00 Å². The maximum absolute atomic E-state index is 6.06. The fraction of sp³-hybridized carbons (Fsp3) is 0.562. The molecule has 0 bridgehead atoms. The van der Waals surface area contributed by atoms with Crippen molar-refractivity contribution in [3.05, 3.63) is 30.0 Å². The fourth-order valence-electron chi connectivity index (χ4n) is 3.15. The number of rotatable bonds is 4. The van der Waals surface area contributed by atoms with Gasteiger partial charge < -0.3 is 9.47 Å². The molecule has 1 atom stereocenters. The summed E-state index contributed by atoms with van der Waals surface area (Å²) in [5.74, 6) is 0. The first-order valence-corrected chi connectivity index (χ1v) is 7.37. The molecule has 5 heteroatoms. The zero-order valence-corrected chi connectivity index (χ0v) is 12.9. The Morgan fingerprint density at radius 2 is 2.33 bits per heavy atom. The number of ether oxygens (including phenoxy) is 2. The molecule has 0 spiro atoms. The van der Waals surface area contributed by atoms with Gasteiger partial charge in [0.25, 0.3) is 0 Å². The smallest absolute Gasteiger partial charge is 0.0942 e. The van der Waals surface area contributed by atoms with E-state index in [1.54, 1.807) is 7.11 Å². The zero-order chi connectivity index (χ0) is 14.9. The Balaban J connectivity index is 1.73. The summed E-state index contributed by atoms with van der Waals surface area (Å²) in [6.07, 6.45) is 1.99. The largest absolute Gasteiger partial charge is 0.382 e. The van der Waals surface area contributed by atoms with Crippen molar-refractivity contribution in [1.82, 2.24) is 15.1 Å². The van der Waals surface area contributed by atoms with Gasteiger partial charge in [0, 0.05) is 32.1 Å². The third-order valence-electron chi connectivity index (χ3n) is 3.82. The fourth-order valence-corrected chi connectivity index (χ4v) is 3.15. The van der Waals surface area contributed by atoms with Crippen LogP contribution in [0.5, 0.6) is 0 Å². The summed E-state index contributed by atoms with van der Waals surface area (Å²) in [4.78, 5) is 2.44. The number of aromatic amines is 1. The lowest BCUT2D eigenvalue weighted by Gasteiger charge is -2.42. The molecular formula is C16H23N3O2. The maximum Gasteiger partial charge on any atom is 0.0942 e. The topological polar surface area (TPSA) is 50.4 Å². The average Bonchev–Trinajstić information content (AvgIpc) is 2.84. The molecule has 1 N–H and O–H groups in total. The highest BCUT2D eigenvalue weighted by atomic mass is 16.5. The van der Waals surface area contributed by atoms with Crippen LogP contribution in [0.2, 0.25) is 0 Å². The van der Waals surface area contributed by atoms with Crippen LogP contribution < -0.4 is 0 Å². The van der Waals surface area contributed by atoms with E-state index in [1.807, 2.05) is 6.20 Å². The van der Waals surface area contributed by atoms with E-state index >= 15 is 0 Å². The molecule has 3 rings (SSSR count). The number of nitrogens with zero attached hydrogens (tertiary/aromatic N) is 2. The molecule has 114 valence electrons. The van der Waals surface area contributed by atoms with Gasteiger partial charge in [0.15, 0.2) is 0 Å². The Morgan fingerprint density at radius 3 is 3.14 bits per heavy atom. The van der Waals surface area contributed by atoms with E-state index < -0.39 is 0 Å². The van der Waals surface area contributed by atoms with Gasteiger partial charge in [-0.25, -0.2) is 0 Å². The monoisotopic (exact) mass is 289 g/mol. The first-order chi connectivity index (χ1) is 10.1. The van der Waals surface area contributed by atoms with Crippen LogP contribution in [0, 0.1) is 0 Å². The Bertz CT molecular complexity index is 608. The van der Waals surface area contributed by atoms with Gasteiger partial charge in [-0.05, 0) is 25.5 Å². The number of nitrogens with one attached hydrogen (secondary N) is 1. The lowest BCUT2D eigenvalue weighted by atomic mass is 10.0. The predicted molar refractivity (Wildman–Crippen MR) is 82.2 cm³/mol. The Hall–Kier alpha value is -1.43. The Kier molecular flexibility index (Phi) is 3.97. The van der Waals surface area contributed by atoms with Crippen LogP contribution >= 0.6 is 0 Å². The molecule has 1 aromatic heterocycles. The van der Waals surface area contributed by atoms with Gasteiger partial charge in [0.1, 0.15) is 0 Å². The molecule has 1 aliphatic rings. The van der Waals surface area contributed by atoms with Gasteiger partial charge in [0.05, 0.1) is 30.0 Å². The highest BCUT2D eigenvalue weighted by molar-refractivity contribution is 5.78. The number of methoxy groups -OCH3 is 1. The second kappa shape index (κ2) is 5.75. The van der Waals surface area contributed by atoms with Gasteiger partial charge >= 0.3 is 0 Å². The quantitative estimate of drug-likeness (QED) is 0.937. The van der Waals surface area contributed by atoms with Crippen molar-refractivity contribution < 1.29 is 9.47 Å². The molecule has 0 amide bonds. The van der Waals surface area contributed by atoms with Crippen LogP contribution in [0.15, 0.2) is 24.4 Å². The molecule has 0 radical (unpaired) electrons. The van der Waals surface area contributed by atoms with Gasteiger partial charge in [-0.1, -0.05) is 12.1 Å². The van der Waals surface area contributed by atoms with Crippen molar-refractivity contribution in [2.75, 3.05) is 26.8 Å².